The third-order valence-electron chi connectivity index (χ3n) is 4.12. The smallest absolute Gasteiger partial charge is 0.266 e. The molecule has 0 fully saturated rings. The Balaban J connectivity index is 2.35. The molecule has 1 atom stereocenters. The van der Waals surface area contributed by atoms with Gasteiger partial charge < -0.3 is 19.5 Å². The summed E-state index contributed by atoms with van der Waals surface area (Å²) in [4.78, 5) is 12.6. The van der Waals surface area contributed by atoms with Gasteiger partial charge in [0.15, 0.2) is 11.5 Å². The van der Waals surface area contributed by atoms with Crippen molar-refractivity contribution in [3.8, 4) is 23.3 Å². The molecule has 0 bridgehead atoms. The van der Waals surface area contributed by atoms with E-state index in [4.69, 9.17) is 14.2 Å². The maximum absolute atomic E-state index is 12.6. The third kappa shape index (κ3) is 5.27. The molecule has 1 N–H and O–H groups in total. The second kappa shape index (κ2) is 10.0. The first-order valence-electron chi connectivity index (χ1n) is 8.93. The Labute approximate surface area is 165 Å². The molecule has 146 valence electrons. The van der Waals surface area contributed by atoms with E-state index in [1.165, 1.54) is 6.08 Å². The van der Waals surface area contributed by atoms with Gasteiger partial charge in [-0.3, -0.25) is 4.79 Å². The SMILES string of the molecule is CC[C@H](C)Oc1c(/C=C(/C#N)C(=O)Nc2cccc(OC)c2)cccc1OC. The van der Waals surface area contributed by atoms with Crippen molar-refractivity contribution >= 4 is 17.7 Å². The second-order valence-electron chi connectivity index (χ2n) is 6.07. The number of carbonyl (C=O) groups excluding carboxylic acids is 1. The van der Waals surface area contributed by atoms with Crippen LogP contribution in [0, 0.1) is 11.3 Å². The van der Waals surface area contributed by atoms with Crippen molar-refractivity contribution in [2.75, 3.05) is 19.5 Å². The summed E-state index contributed by atoms with van der Waals surface area (Å²) in [5.41, 5.74) is 1.08. The van der Waals surface area contributed by atoms with Crippen LogP contribution in [-0.2, 0) is 4.79 Å². The summed E-state index contributed by atoms with van der Waals surface area (Å²) in [5.74, 6) is 1.13. The lowest BCUT2D eigenvalue weighted by Crippen LogP contribution is -2.14. The van der Waals surface area contributed by atoms with E-state index in [1.54, 1.807) is 56.7 Å². The molecule has 0 aliphatic rings. The average molecular weight is 380 g/mol. The number of benzene rings is 2. The molecule has 28 heavy (non-hydrogen) atoms. The third-order valence-corrected chi connectivity index (χ3v) is 4.12. The molecule has 2 aromatic rings. The number of hydrogen-bond donors (Lipinski definition) is 1. The summed E-state index contributed by atoms with van der Waals surface area (Å²) < 4.78 is 16.5. The van der Waals surface area contributed by atoms with Crippen LogP contribution in [0.2, 0.25) is 0 Å². The van der Waals surface area contributed by atoms with E-state index >= 15 is 0 Å². The number of nitrogens with one attached hydrogen (secondary N) is 1. The Bertz CT molecular complexity index is 900. The quantitative estimate of drug-likeness (QED) is 0.541. The van der Waals surface area contributed by atoms with Crippen LogP contribution in [0.1, 0.15) is 25.8 Å². The van der Waals surface area contributed by atoms with Crippen LogP contribution in [-0.4, -0.2) is 26.2 Å². The van der Waals surface area contributed by atoms with Crippen molar-refractivity contribution in [1.29, 1.82) is 5.26 Å². The molecule has 2 aromatic carbocycles. The topological polar surface area (TPSA) is 80.6 Å². The highest BCUT2D eigenvalue weighted by atomic mass is 16.5. The Kier molecular flexibility index (Phi) is 7.46. The molecule has 0 aliphatic heterocycles. The van der Waals surface area contributed by atoms with Crippen LogP contribution < -0.4 is 19.5 Å². The summed E-state index contributed by atoms with van der Waals surface area (Å²) >= 11 is 0. The summed E-state index contributed by atoms with van der Waals surface area (Å²) in [5, 5.41) is 12.2. The maximum Gasteiger partial charge on any atom is 0.266 e. The summed E-state index contributed by atoms with van der Waals surface area (Å²) in [6, 6.07) is 14.2. The predicted octanol–water partition coefficient (Wildman–Crippen LogP) is 4.43. The van der Waals surface area contributed by atoms with E-state index < -0.39 is 5.91 Å². The van der Waals surface area contributed by atoms with Crippen LogP contribution in [0.25, 0.3) is 6.08 Å². The highest BCUT2D eigenvalue weighted by Gasteiger charge is 2.16. The first kappa shape index (κ1) is 20.8. The number of carbonyl (C=O) groups is 1. The van der Waals surface area contributed by atoms with E-state index in [9.17, 15) is 10.1 Å². The molecule has 2 rings (SSSR count). The zero-order valence-corrected chi connectivity index (χ0v) is 16.5. The molecule has 0 saturated carbocycles. The molecule has 0 spiro atoms. The van der Waals surface area contributed by atoms with Crippen LogP contribution >= 0.6 is 0 Å². The van der Waals surface area contributed by atoms with Gasteiger partial charge in [-0.25, -0.2) is 0 Å². The van der Waals surface area contributed by atoms with Crippen LogP contribution in [0.15, 0.2) is 48.0 Å². The van der Waals surface area contributed by atoms with Crippen LogP contribution in [0.5, 0.6) is 17.2 Å². The number of nitrogens with zero attached hydrogens (tertiary/aromatic N) is 1. The highest BCUT2D eigenvalue weighted by Crippen LogP contribution is 2.34. The number of rotatable bonds is 8. The Morgan fingerprint density at radius 2 is 1.96 bits per heavy atom. The van der Waals surface area contributed by atoms with Crippen molar-refractivity contribution in [3.63, 3.8) is 0 Å². The van der Waals surface area contributed by atoms with Gasteiger partial charge in [0.2, 0.25) is 0 Å². The predicted molar refractivity (Wildman–Crippen MR) is 109 cm³/mol. The zero-order valence-electron chi connectivity index (χ0n) is 16.5. The van der Waals surface area contributed by atoms with Crippen LogP contribution in [0.4, 0.5) is 5.69 Å². The fraction of sp³-hybridized carbons (Fsp3) is 0.273. The Hall–Kier alpha value is -3.46. The standard InChI is InChI=1S/C22H24N2O4/c1-5-15(2)28-21-16(8-6-11-20(21)27-4)12-17(14-23)22(25)24-18-9-7-10-19(13-18)26-3/h6-13,15H,5H2,1-4H3,(H,24,25)/b17-12-/t15-/m0/s1. The van der Waals surface area contributed by atoms with Crippen molar-refractivity contribution in [2.24, 2.45) is 0 Å². The van der Waals surface area contributed by atoms with Gasteiger partial charge in [-0.1, -0.05) is 25.1 Å². The van der Waals surface area contributed by atoms with Crippen molar-refractivity contribution in [2.45, 2.75) is 26.4 Å². The maximum atomic E-state index is 12.6. The highest BCUT2D eigenvalue weighted by molar-refractivity contribution is 6.10. The molecule has 0 heterocycles. The summed E-state index contributed by atoms with van der Waals surface area (Å²) in [7, 11) is 3.09. The average Bonchev–Trinajstić information content (AvgIpc) is 2.72. The molecule has 6 nitrogen and oxygen atoms in total. The largest absolute Gasteiger partial charge is 0.497 e. The van der Waals surface area contributed by atoms with Gasteiger partial charge in [0.1, 0.15) is 17.4 Å². The van der Waals surface area contributed by atoms with E-state index in [2.05, 4.69) is 5.32 Å². The fourth-order valence-electron chi connectivity index (χ4n) is 2.42. The molecular formula is C22H24N2O4. The van der Waals surface area contributed by atoms with Crippen molar-refractivity contribution in [1.82, 2.24) is 0 Å². The van der Waals surface area contributed by atoms with Crippen molar-refractivity contribution < 1.29 is 19.0 Å². The van der Waals surface area contributed by atoms with Gasteiger partial charge in [-0.15, -0.1) is 0 Å². The van der Waals surface area contributed by atoms with Crippen LogP contribution in [0.3, 0.4) is 0 Å². The molecule has 0 aromatic heterocycles. The lowest BCUT2D eigenvalue weighted by Gasteiger charge is -2.17. The van der Waals surface area contributed by atoms with Gasteiger partial charge in [0.25, 0.3) is 5.91 Å². The Morgan fingerprint density at radius 3 is 2.61 bits per heavy atom. The minimum absolute atomic E-state index is 0.0420. The molecule has 0 radical (unpaired) electrons. The number of para-hydroxylation sites is 1. The normalized spacial score (nSPS) is 11.9. The molecule has 6 heteroatoms. The minimum Gasteiger partial charge on any atom is -0.497 e. The van der Waals surface area contributed by atoms with Gasteiger partial charge >= 0.3 is 0 Å². The van der Waals surface area contributed by atoms with E-state index in [-0.39, 0.29) is 11.7 Å². The first-order chi connectivity index (χ1) is 13.5. The molecule has 0 aliphatic carbocycles. The number of ether oxygens (including phenoxy) is 3. The lowest BCUT2D eigenvalue weighted by molar-refractivity contribution is -0.112. The van der Waals surface area contributed by atoms with Gasteiger partial charge in [0, 0.05) is 17.3 Å². The van der Waals surface area contributed by atoms with Gasteiger partial charge in [-0.05, 0) is 37.6 Å². The second-order valence-corrected chi connectivity index (χ2v) is 6.07. The monoisotopic (exact) mass is 380 g/mol. The number of nitriles is 1. The number of anilines is 1. The number of amides is 1. The lowest BCUT2D eigenvalue weighted by atomic mass is 10.1. The van der Waals surface area contributed by atoms with E-state index in [1.807, 2.05) is 19.9 Å². The zero-order chi connectivity index (χ0) is 20.5. The first-order valence-corrected chi connectivity index (χ1v) is 8.93. The number of hydrogen-bond acceptors (Lipinski definition) is 5. The molecular weight excluding hydrogens is 356 g/mol. The van der Waals surface area contributed by atoms with Gasteiger partial charge in [0.05, 0.1) is 20.3 Å². The van der Waals surface area contributed by atoms with Crippen molar-refractivity contribution in [3.05, 3.63) is 53.6 Å². The minimum atomic E-state index is -0.520. The van der Waals surface area contributed by atoms with Gasteiger partial charge in [-0.2, -0.15) is 5.26 Å². The summed E-state index contributed by atoms with van der Waals surface area (Å²) in [6.45, 7) is 3.96. The Morgan fingerprint density at radius 1 is 1.21 bits per heavy atom. The van der Waals surface area contributed by atoms with E-state index in [0.29, 0.717) is 28.5 Å². The fourth-order valence-corrected chi connectivity index (χ4v) is 2.42. The molecule has 0 unspecified atom stereocenters. The van der Waals surface area contributed by atoms with E-state index in [0.717, 1.165) is 6.42 Å². The molecule has 0 saturated heterocycles. The summed E-state index contributed by atoms with van der Waals surface area (Å²) in [6.07, 6.45) is 2.26. The number of methoxy groups -OCH3 is 2. The molecule has 1 amide bonds.